The van der Waals surface area contributed by atoms with Gasteiger partial charge in [0.2, 0.25) is 0 Å². The molecule has 26 heavy (non-hydrogen) atoms. The lowest BCUT2D eigenvalue weighted by molar-refractivity contribution is 0.123. The van der Waals surface area contributed by atoms with Crippen LogP contribution in [0.3, 0.4) is 0 Å². The fourth-order valence-electron chi connectivity index (χ4n) is 3.18. The number of hydrogen-bond acceptors (Lipinski definition) is 3. The predicted molar refractivity (Wildman–Crippen MR) is 107 cm³/mol. The molecule has 0 radical (unpaired) electrons. The van der Waals surface area contributed by atoms with Crippen molar-refractivity contribution in [1.29, 1.82) is 0 Å². The lowest BCUT2D eigenvalue weighted by Gasteiger charge is -2.30. The normalized spacial score (nSPS) is 14.8. The van der Waals surface area contributed by atoms with Gasteiger partial charge < -0.3 is 20.3 Å². The van der Waals surface area contributed by atoms with Crippen molar-refractivity contribution in [3.63, 3.8) is 0 Å². The Balaban J connectivity index is 1.76. The first-order valence-corrected chi connectivity index (χ1v) is 9.04. The number of nitrogens with one attached hydrogen (secondary N) is 2. The maximum Gasteiger partial charge on any atom is 0.323 e. The topological polar surface area (TPSA) is 53.6 Å². The number of rotatable bonds is 3. The number of ether oxygens (including phenoxy) is 1. The van der Waals surface area contributed by atoms with Gasteiger partial charge in [-0.2, -0.15) is 0 Å². The first-order chi connectivity index (χ1) is 12.4. The zero-order chi connectivity index (χ0) is 18.6. The van der Waals surface area contributed by atoms with Gasteiger partial charge in [0.15, 0.2) is 0 Å². The van der Waals surface area contributed by atoms with Crippen LogP contribution in [0.15, 0.2) is 48.5 Å². The van der Waals surface area contributed by atoms with Crippen molar-refractivity contribution in [1.82, 2.24) is 0 Å². The maximum atomic E-state index is 12.6. The molecule has 0 bridgehead atoms. The Labute approximate surface area is 155 Å². The van der Waals surface area contributed by atoms with Crippen LogP contribution in [0.1, 0.15) is 26.3 Å². The molecule has 0 atom stereocenters. The van der Waals surface area contributed by atoms with E-state index in [0.29, 0.717) is 13.2 Å². The van der Waals surface area contributed by atoms with Crippen LogP contribution in [-0.2, 0) is 10.2 Å². The van der Waals surface area contributed by atoms with E-state index in [4.69, 9.17) is 4.74 Å². The van der Waals surface area contributed by atoms with Crippen molar-refractivity contribution < 1.29 is 9.53 Å². The van der Waals surface area contributed by atoms with Crippen LogP contribution in [-0.4, -0.2) is 32.3 Å². The monoisotopic (exact) mass is 353 g/mol. The molecular weight excluding hydrogens is 326 g/mol. The van der Waals surface area contributed by atoms with Gasteiger partial charge in [0.1, 0.15) is 0 Å². The molecule has 2 aromatic rings. The van der Waals surface area contributed by atoms with Crippen molar-refractivity contribution in [2.75, 3.05) is 41.8 Å². The molecule has 0 aromatic heterocycles. The molecule has 1 aliphatic rings. The third kappa shape index (κ3) is 4.35. The number of nitrogens with zero attached hydrogens (tertiary/aromatic N) is 1. The Hall–Kier alpha value is -2.53. The molecule has 2 aromatic carbocycles. The van der Waals surface area contributed by atoms with E-state index >= 15 is 0 Å². The number of anilines is 3. The summed E-state index contributed by atoms with van der Waals surface area (Å²) in [6, 6.07) is 15.6. The minimum absolute atomic E-state index is 0.0460. The zero-order valence-electron chi connectivity index (χ0n) is 15.7. The summed E-state index contributed by atoms with van der Waals surface area (Å²) in [5.41, 5.74) is 3.73. The van der Waals surface area contributed by atoms with E-state index in [1.54, 1.807) is 0 Å². The van der Waals surface area contributed by atoms with Gasteiger partial charge in [0.25, 0.3) is 0 Å². The van der Waals surface area contributed by atoms with Gasteiger partial charge >= 0.3 is 6.03 Å². The second kappa shape index (κ2) is 7.79. The Morgan fingerprint density at radius 2 is 1.50 bits per heavy atom. The molecule has 2 amide bonds. The quantitative estimate of drug-likeness (QED) is 0.856. The van der Waals surface area contributed by atoms with Crippen LogP contribution in [0.4, 0.5) is 21.9 Å². The number of para-hydroxylation sites is 3. The van der Waals surface area contributed by atoms with Crippen molar-refractivity contribution in [3.05, 3.63) is 54.1 Å². The number of amides is 2. The number of benzene rings is 2. The van der Waals surface area contributed by atoms with E-state index < -0.39 is 0 Å². The average Bonchev–Trinajstić information content (AvgIpc) is 2.62. The number of carbonyl (C=O) groups is 1. The zero-order valence-corrected chi connectivity index (χ0v) is 15.7. The standard InChI is InChI=1S/C21H27N3O2/c1-21(2,3)16-8-4-5-9-17(16)22-20(25)23-18-10-6-7-11-19(18)24-12-14-26-15-13-24/h4-11H,12-15H2,1-3H3,(H2,22,23,25). The molecule has 3 rings (SSSR count). The van der Waals surface area contributed by atoms with Crippen molar-refractivity contribution in [3.8, 4) is 0 Å². The molecule has 1 fully saturated rings. The summed E-state index contributed by atoms with van der Waals surface area (Å²) in [6.45, 7) is 9.48. The number of urea groups is 1. The average molecular weight is 353 g/mol. The third-order valence-corrected chi connectivity index (χ3v) is 4.49. The van der Waals surface area contributed by atoms with E-state index in [0.717, 1.165) is 35.7 Å². The van der Waals surface area contributed by atoms with E-state index in [1.807, 2.05) is 42.5 Å². The first-order valence-electron chi connectivity index (χ1n) is 9.04. The highest BCUT2D eigenvalue weighted by molar-refractivity contribution is 6.02. The lowest BCUT2D eigenvalue weighted by Crippen LogP contribution is -2.37. The van der Waals surface area contributed by atoms with Crippen molar-refractivity contribution in [2.45, 2.75) is 26.2 Å². The fourth-order valence-corrected chi connectivity index (χ4v) is 3.18. The highest BCUT2D eigenvalue weighted by Crippen LogP contribution is 2.30. The van der Waals surface area contributed by atoms with Gasteiger partial charge in [-0.1, -0.05) is 51.1 Å². The Morgan fingerprint density at radius 1 is 0.923 bits per heavy atom. The van der Waals surface area contributed by atoms with Crippen LogP contribution in [0.25, 0.3) is 0 Å². The SMILES string of the molecule is CC(C)(C)c1ccccc1NC(=O)Nc1ccccc1N1CCOCC1. The highest BCUT2D eigenvalue weighted by atomic mass is 16.5. The van der Waals surface area contributed by atoms with Gasteiger partial charge in [-0.15, -0.1) is 0 Å². The number of morpholine rings is 1. The van der Waals surface area contributed by atoms with E-state index in [9.17, 15) is 4.79 Å². The first kappa shape index (κ1) is 18.3. The third-order valence-electron chi connectivity index (χ3n) is 4.49. The largest absolute Gasteiger partial charge is 0.378 e. The van der Waals surface area contributed by atoms with E-state index in [1.165, 1.54) is 0 Å². The molecule has 0 saturated carbocycles. The van der Waals surface area contributed by atoms with Gasteiger partial charge in [0.05, 0.1) is 24.6 Å². The number of hydrogen-bond donors (Lipinski definition) is 2. The van der Waals surface area contributed by atoms with Crippen molar-refractivity contribution in [2.24, 2.45) is 0 Å². The lowest BCUT2D eigenvalue weighted by atomic mass is 9.86. The summed E-state index contributed by atoms with van der Waals surface area (Å²) in [5, 5.41) is 6.00. The molecule has 0 aliphatic carbocycles. The minimum atomic E-state index is -0.234. The highest BCUT2D eigenvalue weighted by Gasteiger charge is 2.19. The maximum absolute atomic E-state index is 12.6. The van der Waals surface area contributed by atoms with Crippen LogP contribution in [0, 0.1) is 0 Å². The predicted octanol–water partition coefficient (Wildman–Crippen LogP) is 4.46. The molecule has 5 nitrogen and oxygen atoms in total. The molecular formula is C21H27N3O2. The summed E-state index contributed by atoms with van der Waals surface area (Å²) in [6.07, 6.45) is 0. The Bertz CT molecular complexity index is 762. The summed E-state index contributed by atoms with van der Waals surface area (Å²) >= 11 is 0. The molecule has 2 N–H and O–H groups in total. The fraction of sp³-hybridized carbons (Fsp3) is 0.381. The minimum Gasteiger partial charge on any atom is -0.378 e. The van der Waals surface area contributed by atoms with Gasteiger partial charge in [-0.05, 0) is 29.2 Å². The molecule has 1 aliphatic heterocycles. The molecule has 5 heteroatoms. The van der Waals surface area contributed by atoms with Crippen LogP contribution in [0.5, 0.6) is 0 Å². The smallest absolute Gasteiger partial charge is 0.323 e. The van der Waals surface area contributed by atoms with E-state index in [-0.39, 0.29) is 11.4 Å². The molecule has 1 saturated heterocycles. The molecule has 0 spiro atoms. The van der Waals surface area contributed by atoms with Crippen LogP contribution < -0.4 is 15.5 Å². The molecule has 0 unspecified atom stereocenters. The van der Waals surface area contributed by atoms with Crippen LogP contribution >= 0.6 is 0 Å². The Morgan fingerprint density at radius 3 is 2.19 bits per heavy atom. The van der Waals surface area contributed by atoms with Crippen LogP contribution in [0.2, 0.25) is 0 Å². The summed E-state index contributed by atoms with van der Waals surface area (Å²) in [7, 11) is 0. The van der Waals surface area contributed by atoms with E-state index in [2.05, 4.69) is 42.4 Å². The Kier molecular flexibility index (Phi) is 5.47. The second-order valence-corrected chi connectivity index (χ2v) is 7.49. The van der Waals surface area contributed by atoms with Gasteiger partial charge in [-0.25, -0.2) is 4.79 Å². The molecule has 1 heterocycles. The summed E-state index contributed by atoms with van der Waals surface area (Å²) in [4.78, 5) is 14.9. The summed E-state index contributed by atoms with van der Waals surface area (Å²) in [5.74, 6) is 0. The molecule has 138 valence electrons. The summed E-state index contributed by atoms with van der Waals surface area (Å²) < 4.78 is 5.42. The van der Waals surface area contributed by atoms with Gasteiger partial charge in [0, 0.05) is 18.8 Å². The van der Waals surface area contributed by atoms with Crippen molar-refractivity contribution >= 4 is 23.1 Å². The number of carbonyl (C=O) groups excluding carboxylic acids is 1. The second-order valence-electron chi connectivity index (χ2n) is 7.49. The van der Waals surface area contributed by atoms with Gasteiger partial charge in [-0.3, -0.25) is 0 Å².